The molecule has 1 aromatic carbocycles. The third-order valence-corrected chi connectivity index (χ3v) is 4.40. The van der Waals surface area contributed by atoms with Crippen molar-refractivity contribution in [3.05, 3.63) is 35.4 Å². The van der Waals surface area contributed by atoms with Crippen LogP contribution in [0.3, 0.4) is 0 Å². The van der Waals surface area contributed by atoms with E-state index in [1.54, 1.807) is 38.1 Å². The van der Waals surface area contributed by atoms with Crippen molar-refractivity contribution in [2.75, 3.05) is 12.3 Å². The number of nitrogens with zero attached hydrogens (tertiary/aromatic N) is 2. The SMILES string of the molecule is CC(C)N(CC(=O)O)C(=O)c1cccc(CN2C(=O)CSC2=O)c1. The molecule has 1 saturated heterocycles. The summed E-state index contributed by atoms with van der Waals surface area (Å²) in [6.07, 6.45) is 0. The highest BCUT2D eigenvalue weighted by Gasteiger charge is 2.30. The maximum atomic E-state index is 12.6. The molecule has 2 rings (SSSR count). The van der Waals surface area contributed by atoms with E-state index in [1.807, 2.05) is 0 Å². The summed E-state index contributed by atoms with van der Waals surface area (Å²) in [7, 11) is 0. The van der Waals surface area contributed by atoms with E-state index in [2.05, 4.69) is 0 Å². The highest BCUT2D eigenvalue weighted by molar-refractivity contribution is 8.14. The molecule has 7 nitrogen and oxygen atoms in total. The topological polar surface area (TPSA) is 95.0 Å². The van der Waals surface area contributed by atoms with Gasteiger partial charge in [-0.1, -0.05) is 23.9 Å². The second-order valence-electron chi connectivity index (χ2n) is 5.66. The predicted octanol–water partition coefficient (Wildman–Crippen LogP) is 1.82. The normalized spacial score (nSPS) is 14.4. The van der Waals surface area contributed by atoms with Gasteiger partial charge < -0.3 is 10.0 Å². The Bertz CT molecular complexity index is 673. The fourth-order valence-electron chi connectivity index (χ4n) is 2.32. The summed E-state index contributed by atoms with van der Waals surface area (Å²) in [5.41, 5.74) is 0.971. The van der Waals surface area contributed by atoms with Crippen LogP contribution in [0.1, 0.15) is 29.8 Å². The van der Waals surface area contributed by atoms with Crippen LogP contribution < -0.4 is 0 Å². The van der Waals surface area contributed by atoms with Gasteiger partial charge in [-0.05, 0) is 31.5 Å². The molecule has 0 unspecified atom stereocenters. The van der Waals surface area contributed by atoms with Gasteiger partial charge in [0.25, 0.3) is 11.1 Å². The van der Waals surface area contributed by atoms with Crippen molar-refractivity contribution in [2.45, 2.75) is 26.4 Å². The number of carbonyl (C=O) groups excluding carboxylic acids is 3. The summed E-state index contributed by atoms with van der Waals surface area (Å²) in [5, 5.41) is 8.65. The quantitative estimate of drug-likeness (QED) is 0.841. The van der Waals surface area contributed by atoms with Crippen LogP contribution in [0.4, 0.5) is 4.79 Å². The van der Waals surface area contributed by atoms with Crippen LogP contribution >= 0.6 is 11.8 Å². The molecule has 1 aromatic rings. The molecule has 1 N–H and O–H groups in total. The van der Waals surface area contributed by atoms with Crippen molar-refractivity contribution in [3.8, 4) is 0 Å². The Morgan fingerprint density at radius 3 is 2.58 bits per heavy atom. The molecule has 0 aromatic heterocycles. The van der Waals surface area contributed by atoms with Gasteiger partial charge in [0.05, 0.1) is 12.3 Å². The molecule has 0 bridgehead atoms. The first-order chi connectivity index (χ1) is 11.3. The van der Waals surface area contributed by atoms with Gasteiger partial charge >= 0.3 is 5.97 Å². The summed E-state index contributed by atoms with van der Waals surface area (Å²) >= 11 is 0.956. The van der Waals surface area contributed by atoms with Gasteiger partial charge in [0.1, 0.15) is 6.54 Å². The van der Waals surface area contributed by atoms with E-state index < -0.39 is 11.9 Å². The zero-order valence-corrected chi connectivity index (χ0v) is 14.2. The largest absolute Gasteiger partial charge is 0.480 e. The molecule has 24 heavy (non-hydrogen) atoms. The van der Waals surface area contributed by atoms with Crippen molar-refractivity contribution in [1.29, 1.82) is 0 Å². The Morgan fingerprint density at radius 2 is 2.04 bits per heavy atom. The van der Waals surface area contributed by atoms with Gasteiger partial charge in [-0.15, -0.1) is 0 Å². The molecular formula is C16H18N2O5S. The third-order valence-electron chi connectivity index (χ3n) is 3.54. The van der Waals surface area contributed by atoms with Crippen LogP contribution in [-0.2, 0) is 16.1 Å². The van der Waals surface area contributed by atoms with Crippen LogP contribution in [0.25, 0.3) is 0 Å². The van der Waals surface area contributed by atoms with E-state index >= 15 is 0 Å². The lowest BCUT2D eigenvalue weighted by Gasteiger charge is -2.25. The van der Waals surface area contributed by atoms with Crippen LogP contribution in [0.5, 0.6) is 0 Å². The number of hydrogen-bond acceptors (Lipinski definition) is 5. The molecule has 3 amide bonds. The zero-order valence-electron chi connectivity index (χ0n) is 13.4. The van der Waals surface area contributed by atoms with Crippen LogP contribution in [0, 0.1) is 0 Å². The molecule has 0 saturated carbocycles. The monoisotopic (exact) mass is 350 g/mol. The van der Waals surface area contributed by atoms with E-state index in [-0.39, 0.29) is 36.0 Å². The van der Waals surface area contributed by atoms with Crippen molar-refractivity contribution in [3.63, 3.8) is 0 Å². The summed E-state index contributed by atoms with van der Waals surface area (Å²) in [4.78, 5) is 49.2. The minimum absolute atomic E-state index is 0.104. The van der Waals surface area contributed by atoms with E-state index in [9.17, 15) is 19.2 Å². The number of benzene rings is 1. The Hall–Kier alpha value is -2.35. The molecule has 1 fully saturated rings. The van der Waals surface area contributed by atoms with E-state index in [4.69, 9.17) is 5.11 Å². The minimum atomic E-state index is -1.08. The summed E-state index contributed by atoms with van der Waals surface area (Å²) in [6.45, 7) is 3.19. The highest BCUT2D eigenvalue weighted by atomic mass is 32.2. The molecule has 0 spiro atoms. The number of carboxylic acids is 1. The van der Waals surface area contributed by atoms with E-state index in [0.717, 1.165) is 16.7 Å². The molecule has 1 heterocycles. The molecule has 128 valence electrons. The standard InChI is InChI=1S/C16H18N2O5S/c1-10(2)17(8-14(20)21)15(22)12-5-3-4-11(6-12)7-18-13(19)9-24-16(18)23/h3-6,10H,7-9H2,1-2H3,(H,20,21). The molecule has 0 aliphatic carbocycles. The first-order valence-corrected chi connectivity index (χ1v) is 8.37. The minimum Gasteiger partial charge on any atom is -0.480 e. The van der Waals surface area contributed by atoms with Crippen molar-refractivity contribution < 1.29 is 24.3 Å². The van der Waals surface area contributed by atoms with Gasteiger partial charge in [0, 0.05) is 11.6 Å². The van der Waals surface area contributed by atoms with E-state index in [1.165, 1.54) is 4.90 Å². The van der Waals surface area contributed by atoms with Gasteiger partial charge in [0.2, 0.25) is 5.91 Å². The first kappa shape index (κ1) is 18.0. The Labute approximate surface area is 143 Å². The molecule has 8 heteroatoms. The molecule has 1 aliphatic heterocycles. The van der Waals surface area contributed by atoms with Crippen LogP contribution in [0.2, 0.25) is 0 Å². The smallest absolute Gasteiger partial charge is 0.323 e. The number of amides is 3. The fraction of sp³-hybridized carbons (Fsp3) is 0.375. The second kappa shape index (κ2) is 7.48. The summed E-state index contributed by atoms with van der Waals surface area (Å²) < 4.78 is 0. The zero-order chi connectivity index (χ0) is 17.9. The van der Waals surface area contributed by atoms with Crippen molar-refractivity contribution in [1.82, 2.24) is 9.80 Å². The number of imide groups is 1. The molecule has 0 radical (unpaired) electrons. The maximum Gasteiger partial charge on any atom is 0.323 e. The molecule has 0 atom stereocenters. The number of aliphatic carboxylic acids is 1. The number of carboxylic acid groups (broad SMARTS) is 1. The lowest BCUT2D eigenvalue weighted by molar-refractivity contribution is -0.138. The molecular weight excluding hydrogens is 332 g/mol. The lowest BCUT2D eigenvalue weighted by atomic mass is 10.1. The molecule has 1 aliphatic rings. The number of carbonyl (C=O) groups is 4. The second-order valence-corrected chi connectivity index (χ2v) is 6.58. The third kappa shape index (κ3) is 4.14. The predicted molar refractivity (Wildman–Crippen MR) is 88.7 cm³/mol. The van der Waals surface area contributed by atoms with Crippen LogP contribution in [0.15, 0.2) is 24.3 Å². The van der Waals surface area contributed by atoms with Gasteiger partial charge in [0.15, 0.2) is 0 Å². The van der Waals surface area contributed by atoms with Crippen LogP contribution in [-0.4, -0.2) is 56.3 Å². The van der Waals surface area contributed by atoms with Gasteiger partial charge in [-0.3, -0.25) is 24.1 Å². The Balaban J connectivity index is 2.19. The fourth-order valence-corrected chi connectivity index (χ4v) is 3.04. The van der Waals surface area contributed by atoms with E-state index in [0.29, 0.717) is 11.1 Å². The number of rotatable bonds is 6. The average molecular weight is 350 g/mol. The van der Waals surface area contributed by atoms with Crippen molar-refractivity contribution >= 4 is 34.8 Å². The highest BCUT2D eigenvalue weighted by Crippen LogP contribution is 2.22. The first-order valence-electron chi connectivity index (χ1n) is 7.38. The summed E-state index contributed by atoms with van der Waals surface area (Å²) in [5.74, 6) is -1.60. The Kier molecular flexibility index (Phi) is 5.61. The number of hydrogen-bond donors (Lipinski definition) is 1. The average Bonchev–Trinajstić information content (AvgIpc) is 2.84. The van der Waals surface area contributed by atoms with Crippen molar-refractivity contribution in [2.24, 2.45) is 0 Å². The maximum absolute atomic E-state index is 12.6. The van der Waals surface area contributed by atoms with Gasteiger partial charge in [-0.2, -0.15) is 0 Å². The number of thioether (sulfide) groups is 1. The van der Waals surface area contributed by atoms with Gasteiger partial charge in [-0.25, -0.2) is 0 Å². The lowest BCUT2D eigenvalue weighted by Crippen LogP contribution is -2.40. The summed E-state index contributed by atoms with van der Waals surface area (Å²) in [6, 6.07) is 6.28. The Morgan fingerprint density at radius 1 is 1.33 bits per heavy atom.